The molecule has 112 valence electrons. The molecule has 2 aromatic rings. The zero-order chi connectivity index (χ0) is 15.5. The number of nitrogens with two attached hydrogens (primary N) is 1. The molecule has 6 heteroatoms. The summed E-state index contributed by atoms with van der Waals surface area (Å²) < 4.78 is 51.6. The molecule has 1 atom stereocenters. The van der Waals surface area contributed by atoms with Crippen molar-refractivity contribution in [3.05, 3.63) is 60.7 Å². The maximum absolute atomic E-state index is 13.3. The highest BCUT2D eigenvalue weighted by molar-refractivity contribution is 7.78. The Balaban J connectivity index is 2.48. The average Bonchev–Trinajstić information content (AvgIpc) is 2.48. The fourth-order valence-corrected chi connectivity index (χ4v) is 4.87. The highest BCUT2D eigenvalue weighted by atomic mass is 31.2. The smallest absolute Gasteiger partial charge is 0.320 e. The van der Waals surface area contributed by atoms with Crippen molar-refractivity contribution in [2.45, 2.75) is 12.2 Å². The van der Waals surface area contributed by atoms with Crippen LogP contribution in [0.3, 0.4) is 0 Å². The van der Waals surface area contributed by atoms with Crippen LogP contribution in [0, 0.1) is 0 Å². The minimum Gasteiger partial charge on any atom is -0.320 e. The van der Waals surface area contributed by atoms with Gasteiger partial charge in [0.15, 0.2) is 0 Å². The molecule has 0 saturated heterocycles. The second-order valence-electron chi connectivity index (χ2n) is 4.74. The Morgan fingerprint density at radius 3 is 1.62 bits per heavy atom. The molecule has 0 aliphatic carbocycles. The Morgan fingerprint density at radius 2 is 1.29 bits per heavy atom. The maximum atomic E-state index is 13.3. The van der Waals surface area contributed by atoms with E-state index >= 15 is 0 Å². The maximum Gasteiger partial charge on any atom is 0.404 e. The van der Waals surface area contributed by atoms with Crippen LogP contribution in [0.5, 0.6) is 0 Å². The summed E-state index contributed by atoms with van der Waals surface area (Å²) in [7, 11) is -3.42. The quantitative estimate of drug-likeness (QED) is 0.882. The van der Waals surface area contributed by atoms with Crippen LogP contribution in [0.2, 0.25) is 0 Å². The van der Waals surface area contributed by atoms with Crippen LogP contribution in [0.15, 0.2) is 60.7 Å². The first-order valence-corrected chi connectivity index (χ1v) is 8.26. The molecule has 0 radical (unpaired) electrons. The van der Waals surface area contributed by atoms with Crippen molar-refractivity contribution in [3.8, 4) is 0 Å². The molecule has 2 nitrogen and oxygen atoms in total. The minimum atomic E-state index is -4.57. The highest BCUT2D eigenvalue weighted by Gasteiger charge is 2.42. The predicted molar refractivity (Wildman–Crippen MR) is 78.7 cm³/mol. The lowest BCUT2D eigenvalue weighted by atomic mass is 10.3. The van der Waals surface area contributed by atoms with Gasteiger partial charge in [0.2, 0.25) is 0 Å². The van der Waals surface area contributed by atoms with Crippen LogP contribution in [0.25, 0.3) is 0 Å². The van der Waals surface area contributed by atoms with Crippen LogP contribution in [0.4, 0.5) is 13.2 Å². The molecule has 0 spiro atoms. The third-order valence-corrected chi connectivity index (χ3v) is 6.39. The summed E-state index contributed by atoms with van der Waals surface area (Å²) >= 11 is 0. The predicted octanol–water partition coefficient (Wildman–Crippen LogP) is 2.89. The lowest BCUT2D eigenvalue weighted by molar-refractivity contribution is -0.142. The molecule has 2 aromatic carbocycles. The second-order valence-corrected chi connectivity index (χ2v) is 7.62. The van der Waals surface area contributed by atoms with Crippen LogP contribution in [0.1, 0.15) is 0 Å². The van der Waals surface area contributed by atoms with Crippen molar-refractivity contribution < 1.29 is 17.7 Å². The van der Waals surface area contributed by atoms with Gasteiger partial charge in [-0.3, -0.25) is 0 Å². The lowest BCUT2D eigenvalue weighted by Crippen LogP contribution is -2.42. The Kier molecular flexibility index (Phi) is 4.55. The Bertz CT molecular complexity index is 585. The number of alkyl halides is 3. The van der Waals surface area contributed by atoms with Gasteiger partial charge in [-0.1, -0.05) is 60.7 Å². The van der Waals surface area contributed by atoms with Crippen LogP contribution < -0.4 is 16.3 Å². The van der Waals surface area contributed by atoms with Crippen LogP contribution in [-0.4, -0.2) is 18.4 Å². The van der Waals surface area contributed by atoms with Crippen molar-refractivity contribution in [2.75, 3.05) is 6.16 Å². The second kappa shape index (κ2) is 6.04. The minimum absolute atomic E-state index is 0.385. The molecule has 21 heavy (non-hydrogen) atoms. The van der Waals surface area contributed by atoms with E-state index in [9.17, 15) is 17.7 Å². The lowest BCUT2D eigenvalue weighted by Gasteiger charge is -2.24. The molecule has 0 aliphatic rings. The summed E-state index contributed by atoms with van der Waals surface area (Å²) in [6, 6.07) is 14.3. The topological polar surface area (TPSA) is 43.1 Å². The van der Waals surface area contributed by atoms with Crippen molar-refractivity contribution in [1.29, 1.82) is 0 Å². The van der Waals surface area contributed by atoms with E-state index in [1.54, 1.807) is 60.7 Å². The molecule has 2 rings (SSSR count). The molecular formula is C15H15F3NOP. The average molecular weight is 313 g/mol. The fraction of sp³-hybridized carbons (Fsp3) is 0.200. The standard InChI is InChI=1S/C15H15F3NOP/c16-15(17,18)14(19)11-21(20,12-7-3-1-4-8-12)13-9-5-2-6-10-13/h1-10,14H,11,19H2. The number of hydrogen-bond donors (Lipinski definition) is 1. The number of rotatable bonds is 4. The molecule has 0 amide bonds. The summed E-state index contributed by atoms with van der Waals surface area (Å²) in [5.41, 5.74) is 5.21. The summed E-state index contributed by atoms with van der Waals surface area (Å²) in [6.45, 7) is 0. The first-order chi connectivity index (χ1) is 9.84. The van der Waals surface area contributed by atoms with E-state index in [-0.39, 0.29) is 0 Å². The highest BCUT2D eigenvalue weighted by Crippen LogP contribution is 2.45. The Morgan fingerprint density at radius 1 is 0.905 bits per heavy atom. The number of halogens is 3. The summed E-state index contributed by atoms with van der Waals surface area (Å²) in [6.07, 6.45) is -5.20. The molecule has 0 fully saturated rings. The van der Waals surface area contributed by atoms with Gasteiger partial charge in [-0.05, 0) is 0 Å². The molecular weight excluding hydrogens is 298 g/mol. The van der Waals surface area contributed by atoms with E-state index in [0.717, 1.165) is 0 Å². The fourth-order valence-electron chi connectivity index (χ4n) is 2.08. The molecule has 0 aromatic heterocycles. The van der Waals surface area contributed by atoms with Gasteiger partial charge in [0.1, 0.15) is 13.2 Å². The summed E-state index contributed by atoms with van der Waals surface area (Å²) in [5, 5.41) is 0.770. The third-order valence-electron chi connectivity index (χ3n) is 3.22. The Hall–Kier alpha value is -1.58. The van der Waals surface area contributed by atoms with Crippen LogP contribution >= 0.6 is 7.14 Å². The summed E-state index contributed by atoms with van der Waals surface area (Å²) in [5.74, 6) is 0. The van der Waals surface area contributed by atoms with Crippen molar-refractivity contribution in [2.24, 2.45) is 5.73 Å². The van der Waals surface area contributed by atoms with Gasteiger partial charge in [-0.25, -0.2) is 0 Å². The van der Waals surface area contributed by atoms with Gasteiger partial charge >= 0.3 is 6.18 Å². The van der Waals surface area contributed by atoms with Crippen molar-refractivity contribution >= 4 is 17.8 Å². The largest absolute Gasteiger partial charge is 0.404 e. The van der Waals surface area contributed by atoms with E-state index in [1.165, 1.54) is 0 Å². The van der Waals surface area contributed by atoms with E-state index in [4.69, 9.17) is 5.73 Å². The molecule has 1 unspecified atom stereocenters. The third kappa shape index (κ3) is 3.55. The SMILES string of the molecule is NC(CP(=O)(c1ccccc1)c1ccccc1)C(F)(F)F. The van der Waals surface area contributed by atoms with Gasteiger partial charge in [0, 0.05) is 16.8 Å². The zero-order valence-corrected chi connectivity index (χ0v) is 12.0. The van der Waals surface area contributed by atoms with Gasteiger partial charge in [0.05, 0.1) is 0 Å². The van der Waals surface area contributed by atoms with E-state index in [0.29, 0.717) is 10.6 Å². The molecule has 0 bridgehead atoms. The normalized spacial score (nSPS) is 13.9. The first kappa shape index (κ1) is 15.8. The number of hydrogen-bond acceptors (Lipinski definition) is 2. The molecule has 2 N–H and O–H groups in total. The van der Waals surface area contributed by atoms with E-state index in [2.05, 4.69) is 0 Å². The van der Waals surface area contributed by atoms with Gasteiger partial charge in [0.25, 0.3) is 0 Å². The monoisotopic (exact) mass is 313 g/mol. The van der Waals surface area contributed by atoms with Crippen LogP contribution in [-0.2, 0) is 4.57 Å². The molecule has 0 aliphatic heterocycles. The van der Waals surface area contributed by atoms with E-state index < -0.39 is 25.5 Å². The molecule has 0 heterocycles. The number of benzene rings is 2. The molecule has 0 saturated carbocycles. The zero-order valence-electron chi connectivity index (χ0n) is 11.1. The van der Waals surface area contributed by atoms with Crippen molar-refractivity contribution in [3.63, 3.8) is 0 Å². The van der Waals surface area contributed by atoms with Gasteiger partial charge in [-0.2, -0.15) is 13.2 Å². The van der Waals surface area contributed by atoms with Gasteiger partial charge < -0.3 is 10.3 Å². The van der Waals surface area contributed by atoms with Gasteiger partial charge in [-0.15, -0.1) is 0 Å². The Labute approximate surface area is 121 Å². The van der Waals surface area contributed by atoms with Crippen molar-refractivity contribution in [1.82, 2.24) is 0 Å². The van der Waals surface area contributed by atoms with E-state index in [1.807, 2.05) is 0 Å². The first-order valence-electron chi connectivity index (χ1n) is 6.36. The summed E-state index contributed by atoms with van der Waals surface area (Å²) in [4.78, 5) is 0.